The van der Waals surface area contributed by atoms with Gasteiger partial charge in [-0.1, -0.05) is 29.8 Å². The van der Waals surface area contributed by atoms with Crippen LogP contribution in [0.1, 0.15) is 18.5 Å². The molecule has 1 atom stereocenters. The molecule has 0 amide bonds. The Bertz CT molecular complexity index is 497. The van der Waals surface area contributed by atoms with Gasteiger partial charge in [0, 0.05) is 18.3 Å². The average Bonchev–Trinajstić information content (AvgIpc) is 2.33. The summed E-state index contributed by atoms with van der Waals surface area (Å²) in [6.07, 6.45) is 1.71. The molecule has 0 saturated carbocycles. The Labute approximate surface area is 105 Å². The van der Waals surface area contributed by atoms with E-state index in [-0.39, 0.29) is 6.04 Å². The van der Waals surface area contributed by atoms with Crippen molar-refractivity contribution in [2.75, 3.05) is 0 Å². The van der Waals surface area contributed by atoms with Gasteiger partial charge in [-0.2, -0.15) is 0 Å². The SMILES string of the molecule is C[C@@H](N)c1ccc(Oc2ccccc2Cl)nc1. The van der Waals surface area contributed by atoms with Gasteiger partial charge < -0.3 is 10.5 Å². The van der Waals surface area contributed by atoms with Gasteiger partial charge in [0.1, 0.15) is 5.75 Å². The summed E-state index contributed by atoms with van der Waals surface area (Å²) >= 11 is 5.98. The molecule has 17 heavy (non-hydrogen) atoms. The Morgan fingerprint density at radius 1 is 1.24 bits per heavy atom. The van der Waals surface area contributed by atoms with Gasteiger partial charge in [0.15, 0.2) is 0 Å². The number of benzene rings is 1. The molecule has 1 aromatic carbocycles. The van der Waals surface area contributed by atoms with Crippen molar-refractivity contribution in [3.63, 3.8) is 0 Å². The van der Waals surface area contributed by atoms with Crippen LogP contribution in [0.15, 0.2) is 42.6 Å². The minimum absolute atomic E-state index is 0.0307. The molecule has 2 aromatic rings. The molecule has 88 valence electrons. The van der Waals surface area contributed by atoms with Crippen molar-refractivity contribution < 1.29 is 4.74 Å². The van der Waals surface area contributed by atoms with Crippen molar-refractivity contribution in [2.24, 2.45) is 5.73 Å². The van der Waals surface area contributed by atoms with E-state index in [4.69, 9.17) is 22.1 Å². The minimum atomic E-state index is -0.0307. The Hall–Kier alpha value is -1.58. The summed E-state index contributed by atoms with van der Waals surface area (Å²) in [5.74, 6) is 1.10. The van der Waals surface area contributed by atoms with Crippen molar-refractivity contribution in [1.82, 2.24) is 4.98 Å². The Kier molecular flexibility index (Phi) is 3.61. The first-order chi connectivity index (χ1) is 8.16. The maximum atomic E-state index is 5.98. The van der Waals surface area contributed by atoms with Crippen molar-refractivity contribution in [1.29, 1.82) is 0 Å². The highest BCUT2D eigenvalue weighted by Gasteiger charge is 2.04. The lowest BCUT2D eigenvalue weighted by molar-refractivity contribution is 0.462. The number of hydrogen-bond acceptors (Lipinski definition) is 3. The van der Waals surface area contributed by atoms with Crippen molar-refractivity contribution in [3.05, 3.63) is 53.2 Å². The van der Waals surface area contributed by atoms with Crippen molar-refractivity contribution in [2.45, 2.75) is 13.0 Å². The molecule has 1 heterocycles. The van der Waals surface area contributed by atoms with Gasteiger partial charge in [0.25, 0.3) is 0 Å². The number of hydrogen-bond donors (Lipinski definition) is 1. The lowest BCUT2D eigenvalue weighted by atomic mass is 10.2. The molecule has 0 aliphatic rings. The van der Waals surface area contributed by atoms with E-state index in [1.165, 1.54) is 0 Å². The molecule has 0 unspecified atom stereocenters. The highest BCUT2D eigenvalue weighted by atomic mass is 35.5. The number of rotatable bonds is 3. The lowest BCUT2D eigenvalue weighted by Crippen LogP contribution is -2.05. The molecule has 0 aliphatic heterocycles. The van der Waals surface area contributed by atoms with Gasteiger partial charge in [-0.15, -0.1) is 0 Å². The second-order valence-corrected chi connectivity index (χ2v) is 4.16. The third-order valence-corrected chi connectivity index (χ3v) is 2.65. The normalized spacial score (nSPS) is 12.2. The zero-order valence-electron chi connectivity index (χ0n) is 9.43. The molecule has 1 aromatic heterocycles. The zero-order chi connectivity index (χ0) is 12.3. The number of pyridine rings is 1. The standard InChI is InChI=1S/C13H13ClN2O/c1-9(15)10-6-7-13(16-8-10)17-12-5-3-2-4-11(12)14/h2-9H,15H2,1H3/t9-/m1/s1. The van der Waals surface area contributed by atoms with E-state index in [1.807, 2.05) is 25.1 Å². The van der Waals surface area contributed by atoms with Crippen LogP contribution in [0.3, 0.4) is 0 Å². The molecule has 0 spiro atoms. The Morgan fingerprint density at radius 3 is 2.59 bits per heavy atom. The van der Waals surface area contributed by atoms with E-state index < -0.39 is 0 Å². The zero-order valence-corrected chi connectivity index (χ0v) is 10.2. The molecule has 0 aliphatic carbocycles. The highest BCUT2D eigenvalue weighted by molar-refractivity contribution is 6.32. The van der Waals surface area contributed by atoms with E-state index in [0.29, 0.717) is 16.7 Å². The van der Waals surface area contributed by atoms with Crippen LogP contribution in [0.25, 0.3) is 0 Å². The van der Waals surface area contributed by atoms with Crippen LogP contribution in [0.5, 0.6) is 11.6 Å². The summed E-state index contributed by atoms with van der Waals surface area (Å²) < 4.78 is 5.56. The molecular formula is C13H13ClN2O. The van der Waals surface area contributed by atoms with Gasteiger partial charge in [0.05, 0.1) is 5.02 Å². The maximum Gasteiger partial charge on any atom is 0.219 e. The first-order valence-corrected chi connectivity index (χ1v) is 5.68. The molecule has 2 rings (SSSR count). The van der Waals surface area contributed by atoms with Crippen LogP contribution in [0.2, 0.25) is 5.02 Å². The molecule has 2 N–H and O–H groups in total. The van der Waals surface area contributed by atoms with Gasteiger partial charge in [-0.05, 0) is 24.6 Å². The Balaban J connectivity index is 2.17. The average molecular weight is 249 g/mol. The topological polar surface area (TPSA) is 48.1 Å². The van der Waals surface area contributed by atoms with Crippen LogP contribution in [-0.2, 0) is 0 Å². The summed E-state index contributed by atoms with van der Waals surface area (Å²) in [6.45, 7) is 1.91. The monoisotopic (exact) mass is 248 g/mol. The second kappa shape index (κ2) is 5.17. The van der Waals surface area contributed by atoms with Crippen LogP contribution in [0.4, 0.5) is 0 Å². The van der Waals surface area contributed by atoms with Crippen LogP contribution in [0, 0.1) is 0 Å². The first kappa shape index (κ1) is 11.9. The summed E-state index contributed by atoms with van der Waals surface area (Å²) in [5.41, 5.74) is 6.71. The number of ether oxygens (including phenoxy) is 1. The van der Waals surface area contributed by atoms with Crippen molar-refractivity contribution >= 4 is 11.6 Å². The summed E-state index contributed by atoms with van der Waals surface area (Å²) in [5, 5.41) is 0.561. The van der Waals surface area contributed by atoms with E-state index in [0.717, 1.165) is 5.56 Å². The third-order valence-electron chi connectivity index (χ3n) is 2.34. The van der Waals surface area contributed by atoms with Crippen LogP contribution < -0.4 is 10.5 Å². The molecule has 4 heteroatoms. The van der Waals surface area contributed by atoms with E-state index in [2.05, 4.69) is 4.98 Å². The molecule has 0 bridgehead atoms. The predicted molar refractivity (Wildman–Crippen MR) is 68.4 cm³/mol. The van der Waals surface area contributed by atoms with Crippen LogP contribution >= 0.6 is 11.6 Å². The summed E-state index contributed by atoms with van der Waals surface area (Å²) in [6, 6.07) is 10.9. The molecular weight excluding hydrogens is 236 g/mol. The number of aromatic nitrogens is 1. The van der Waals surface area contributed by atoms with Gasteiger partial charge in [0.2, 0.25) is 5.88 Å². The fourth-order valence-electron chi connectivity index (χ4n) is 1.36. The van der Waals surface area contributed by atoms with E-state index in [9.17, 15) is 0 Å². The molecule has 0 saturated heterocycles. The number of para-hydroxylation sites is 1. The second-order valence-electron chi connectivity index (χ2n) is 3.75. The minimum Gasteiger partial charge on any atom is -0.437 e. The maximum absolute atomic E-state index is 5.98. The Morgan fingerprint density at radius 2 is 2.00 bits per heavy atom. The van der Waals surface area contributed by atoms with Crippen molar-refractivity contribution in [3.8, 4) is 11.6 Å². The summed E-state index contributed by atoms with van der Waals surface area (Å²) in [4.78, 5) is 4.18. The van der Waals surface area contributed by atoms with Gasteiger partial charge >= 0.3 is 0 Å². The molecule has 0 fully saturated rings. The predicted octanol–water partition coefficient (Wildman–Crippen LogP) is 3.55. The van der Waals surface area contributed by atoms with E-state index >= 15 is 0 Å². The van der Waals surface area contributed by atoms with E-state index in [1.54, 1.807) is 24.4 Å². The largest absolute Gasteiger partial charge is 0.437 e. The first-order valence-electron chi connectivity index (χ1n) is 5.31. The fourth-order valence-corrected chi connectivity index (χ4v) is 1.54. The van der Waals surface area contributed by atoms with Gasteiger partial charge in [-0.3, -0.25) is 0 Å². The number of nitrogens with two attached hydrogens (primary N) is 1. The third kappa shape index (κ3) is 2.96. The number of halogens is 1. The molecule has 3 nitrogen and oxygen atoms in total. The number of nitrogens with zero attached hydrogens (tertiary/aromatic N) is 1. The lowest BCUT2D eigenvalue weighted by Gasteiger charge is -2.08. The highest BCUT2D eigenvalue weighted by Crippen LogP contribution is 2.27. The van der Waals surface area contributed by atoms with Crippen LogP contribution in [-0.4, -0.2) is 4.98 Å². The summed E-state index contributed by atoms with van der Waals surface area (Å²) in [7, 11) is 0. The molecule has 0 radical (unpaired) electrons. The van der Waals surface area contributed by atoms with Gasteiger partial charge in [-0.25, -0.2) is 4.98 Å². The smallest absolute Gasteiger partial charge is 0.219 e. The fraction of sp³-hybridized carbons (Fsp3) is 0.154. The quantitative estimate of drug-likeness (QED) is 0.904.